The van der Waals surface area contributed by atoms with Crippen molar-refractivity contribution in [3.63, 3.8) is 0 Å². The Morgan fingerprint density at radius 1 is 1.48 bits per heavy atom. The molecule has 0 spiro atoms. The molecule has 0 atom stereocenters. The van der Waals surface area contributed by atoms with E-state index in [1.54, 1.807) is 6.08 Å². The number of carbonyl (C=O) groups excluding carboxylic acids is 1. The van der Waals surface area contributed by atoms with E-state index >= 15 is 0 Å². The van der Waals surface area contributed by atoms with Gasteiger partial charge in [0.1, 0.15) is 5.82 Å². The highest BCUT2D eigenvalue weighted by Crippen LogP contribution is 2.13. The molecule has 1 N–H and O–H groups in total. The van der Waals surface area contributed by atoms with Crippen molar-refractivity contribution in [1.29, 1.82) is 0 Å². The Hall–Kier alpha value is -1.73. The fourth-order valence-electron chi connectivity index (χ4n) is 1.72. The second-order valence-electron chi connectivity index (χ2n) is 4.56. The zero-order valence-corrected chi connectivity index (χ0v) is 12.9. The quantitative estimate of drug-likeness (QED) is 0.775. The third kappa shape index (κ3) is 4.95. The van der Waals surface area contributed by atoms with E-state index in [1.165, 1.54) is 30.9 Å². The molecule has 1 amide bonds. The maximum absolute atomic E-state index is 13.1. The maximum Gasteiger partial charge on any atom is 0.240 e. The summed E-state index contributed by atoms with van der Waals surface area (Å²) in [5, 5.41) is 0. The van der Waals surface area contributed by atoms with E-state index in [9.17, 15) is 17.6 Å². The van der Waals surface area contributed by atoms with E-state index in [0.717, 1.165) is 6.07 Å². The normalized spacial score (nSPS) is 11.2. The van der Waals surface area contributed by atoms with Crippen molar-refractivity contribution in [2.24, 2.45) is 0 Å². The first-order chi connectivity index (χ1) is 9.77. The minimum Gasteiger partial charge on any atom is -0.338 e. The molecule has 116 valence electrons. The number of amides is 1. The lowest BCUT2D eigenvalue weighted by Crippen LogP contribution is -2.37. The van der Waals surface area contributed by atoms with E-state index in [0.29, 0.717) is 6.54 Å². The van der Waals surface area contributed by atoms with Crippen LogP contribution in [0.15, 0.2) is 35.7 Å². The van der Waals surface area contributed by atoms with Crippen molar-refractivity contribution in [3.8, 4) is 0 Å². The summed E-state index contributed by atoms with van der Waals surface area (Å²) in [5.41, 5.74) is 0.259. The monoisotopic (exact) mass is 314 g/mol. The van der Waals surface area contributed by atoms with Crippen LogP contribution in [0.2, 0.25) is 0 Å². The molecule has 0 radical (unpaired) electrons. The molecule has 0 heterocycles. The number of nitrogens with one attached hydrogen (secondary N) is 1. The van der Waals surface area contributed by atoms with E-state index in [4.69, 9.17) is 0 Å². The molecule has 0 bridgehead atoms. The lowest BCUT2D eigenvalue weighted by atomic mass is 10.2. The number of aryl methyl sites for hydroxylation is 1. The Labute approximate surface area is 124 Å². The van der Waals surface area contributed by atoms with Gasteiger partial charge >= 0.3 is 0 Å². The van der Waals surface area contributed by atoms with Crippen molar-refractivity contribution in [2.75, 3.05) is 19.6 Å². The molecule has 0 saturated carbocycles. The van der Waals surface area contributed by atoms with Gasteiger partial charge in [0.25, 0.3) is 0 Å². The summed E-state index contributed by atoms with van der Waals surface area (Å²) < 4.78 is 39.6. The third-order valence-electron chi connectivity index (χ3n) is 2.91. The van der Waals surface area contributed by atoms with Gasteiger partial charge in [0, 0.05) is 26.6 Å². The molecule has 7 heteroatoms. The summed E-state index contributed by atoms with van der Waals surface area (Å²) in [6.45, 7) is 7.10. The van der Waals surface area contributed by atoms with Crippen LogP contribution in [0, 0.1) is 12.7 Å². The lowest BCUT2D eigenvalue weighted by Gasteiger charge is -2.19. The van der Waals surface area contributed by atoms with E-state index in [2.05, 4.69) is 11.3 Å². The van der Waals surface area contributed by atoms with Gasteiger partial charge in [0.2, 0.25) is 15.9 Å². The summed E-state index contributed by atoms with van der Waals surface area (Å²) >= 11 is 0. The van der Waals surface area contributed by atoms with Crippen LogP contribution in [-0.4, -0.2) is 38.9 Å². The van der Waals surface area contributed by atoms with Gasteiger partial charge in [-0.3, -0.25) is 4.79 Å². The molecule has 0 aliphatic rings. The van der Waals surface area contributed by atoms with Gasteiger partial charge in [0.15, 0.2) is 0 Å². The number of hydrogen-bond acceptors (Lipinski definition) is 3. The van der Waals surface area contributed by atoms with Crippen LogP contribution in [-0.2, 0) is 14.8 Å². The van der Waals surface area contributed by atoms with E-state index in [1.807, 2.05) is 0 Å². The van der Waals surface area contributed by atoms with Gasteiger partial charge in [-0.1, -0.05) is 6.08 Å². The number of benzene rings is 1. The number of carbonyl (C=O) groups is 1. The number of sulfonamides is 1. The van der Waals surface area contributed by atoms with Crippen LogP contribution in [0.1, 0.15) is 12.5 Å². The third-order valence-corrected chi connectivity index (χ3v) is 4.37. The summed E-state index contributed by atoms with van der Waals surface area (Å²) in [7, 11) is -3.72. The first kappa shape index (κ1) is 17.3. The number of nitrogens with zero attached hydrogens (tertiary/aromatic N) is 1. The standard InChI is InChI=1S/C14H19FN2O3S/c1-4-8-17(12(3)18)9-7-16-21(19,20)13-5-6-14(15)11(2)10-13/h4-6,10,16H,1,7-9H2,2-3H3. The fourth-order valence-corrected chi connectivity index (χ4v) is 2.82. The summed E-state index contributed by atoms with van der Waals surface area (Å²) in [4.78, 5) is 12.8. The second kappa shape index (κ2) is 7.33. The lowest BCUT2D eigenvalue weighted by molar-refractivity contribution is -0.128. The van der Waals surface area contributed by atoms with E-state index < -0.39 is 15.8 Å². The Morgan fingerprint density at radius 3 is 2.67 bits per heavy atom. The zero-order valence-electron chi connectivity index (χ0n) is 12.1. The summed E-state index contributed by atoms with van der Waals surface area (Å²) in [5.74, 6) is -0.616. The number of hydrogen-bond donors (Lipinski definition) is 1. The molecule has 0 unspecified atom stereocenters. The molecule has 1 rings (SSSR count). The van der Waals surface area contributed by atoms with Crippen LogP contribution in [0.4, 0.5) is 4.39 Å². The van der Waals surface area contributed by atoms with Crippen molar-refractivity contribution in [1.82, 2.24) is 9.62 Å². The molecule has 0 fully saturated rings. The smallest absolute Gasteiger partial charge is 0.240 e. The average molecular weight is 314 g/mol. The Bertz CT molecular complexity index is 629. The highest BCUT2D eigenvalue weighted by molar-refractivity contribution is 7.89. The second-order valence-corrected chi connectivity index (χ2v) is 6.33. The molecule has 0 aliphatic carbocycles. The number of rotatable bonds is 7. The van der Waals surface area contributed by atoms with Gasteiger partial charge in [-0.15, -0.1) is 6.58 Å². The van der Waals surface area contributed by atoms with Gasteiger partial charge in [-0.25, -0.2) is 17.5 Å². The predicted octanol–water partition coefficient (Wildman–Crippen LogP) is 1.45. The Kier molecular flexibility index (Phi) is 6.04. The summed E-state index contributed by atoms with van der Waals surface area (Å²) in [6.07, 6.45) is 1.57. The zero-order chi connectivity index (χ0) is 16.0. The Morgan fingerprint density at radius 2 is 2.14 bits per heavy atom. The van der Waals surface area contributed by atoms with Crippen molar-refractivity contribution >= 4 is 15.9 Å². The predicted molar refractivity (Wildman–Crippen MR) is 78.8 cm³/mol. The highest BCUT2D eigenvalue weighted by atomic mass is 32.2. The Balaban J connectivity index is 2.70. The molecule has 1 aromatic rings. The van der Waals surface area contributed by atoms with Gasteiger partial charge in [-0.05, 0) is 30.7 Å². The van der Waals surface area contributed by atoms with Crippen LogP contribution < -0.4 is 4.72 Å². The molecule has 0 aliphatic heterocycles. The topological polar surface area (TPSA) is 66.5 Å². The first-order valence-corrected chi connectivity index (χ1v) is 7.88. The largest absolute Gasteiger partial charge is 0.338 e. The highest BCUT2D eigenvalue weighted by Gasteiger charge is 2.15. The van der Waals surface area contributed by atoms with Crippen LogP contribution in [0.5, 0.6) is 0 Å². The van der Waals surface area contributed by atoms with Crippen molar-refractivity contribution in [3.05, 3.63) is 42.2 Å². The van der Waals surface area contributed by atoms with Crippen LogP contribution in [0.3, 0.4) is 0 Å². The van der Waals surface area contributed by atoms with Gasteiger partial charge < -0.3 is 4.90 Å². The molecular formula is C14H19FN2O3S. The van der Waals surface area contributed by atoms with Crippen LogP contribution >= 0.6 is 0 Å². The maximum atomic E-state index is 13.1. The van der Waals surface area contributed by atoms with Gasteiger partial charge in [0.05, 0.1) is 4.90 Å². The van der Waals surface area contributed by atoms with Crippen molar-refractivity contribution < 1.29 is 17.6 Å². The minimum atomic E-state index is -3.72. The van der Waals surface area contributed by atoms with Crippen molar-refractivity contribution in [2.45, 2.75) is 18.7 Å². The SMILES string of the molecule is C=CCN(CCNS(=O)(=O)c1ccc(F)c(C)c1)C(C)=O. The fraction of sp³-hybridized carbons (Fsp3) is 0.357. The number of halogens is 1. The summed E-state index contributed by atoms with van der Waals surface area (Å²) in [6, 6.07) is 3.59. The molecule has 0 saturated heterocycles. The van der Waals surface area contributed by atoms with E-state index in [-0.39, 0.29) is 29.5 Å². The molecule has 5 nitrogen and oxygen atoms in total. The molecular weight excluding hydrogens is 295 g/mol. The molecule has 0 aromatic heterocycles. The van der Waals surface area contributed by atoms with Crippen LogP contribution in [0.25, 0.3) is 0 Å². The van der Waals surface area contributed by atoms with Gasteiger partial charge in [-0.2, -0.15) is 0 Å². The molecule has 1 aromatic carbocycles. The average Bonchev–Trinajstić information content (AvgIpc) is 2.40. The molecule has 21 heavy (non-hydrogen) atoms. The minimum absolute atomic E-state index is 0.000467. The first-order valence-electron chi connectivity index (χ1n) is 6.40.